The summed E-state index contributed by atoms with van der Waals surface area (Å²) in [4.78, 5) is 2.95. The van der Waals surface area contributed by atoms with Gasteiger partial charge in [0.25, 0.3) is 0 Å². The van der Waals surface area contributed by atoms with Gasteiger partial charge in [0.05, 0.1) is 5.56 Å². The van der Waals surface area contributed by atoms with Crippen molar-refractivity contribution in [2.75, 3.05) is 6.54 Å². The molecular formula is C17H16F2N4O. The van der Waals surface area contributed by atoms with Crippen LogP contribution in [-0.4, -0.2) is 17.4 Å². The van der Waals surface area contributed by atoms with Gasteiger partial charge in [-0.2, -0.15) is 0 Å². The van der Waals surface area contributed by atoms with E-state index in [1.807, 2.05) is 6.07 Å². The van der Waals surface area contributed by atoms with Crippen molar-refractivity contribution in [2.24, 2.45) is 11.5 Å². The zero-order valence-corrected chi connectivity index (χ0v) is 12.7. The van der Waals surface area contributed by atoms with Gasteiger partial charge in [0.1, 0.15) is 17.4 Å². The minimum Gasteiger partial charge on any atom is -0.454 e. The number of hydrogen-bond donors (Lipinski definition) is 4. The summed E-state index contributed by atoms with van der Waals surface area (Å²) in [6.07, 6.45) is 2.13. The molecule has 0 aliphatic carbocycles. The lowest BCUT2D eigenvalue weighted by atomic mass is 10.1. The molecule has 0 fully saturated rings. The summed E-state index contributed by atoms with van der Waals surface area (Å²) in [6, 6.07) is 6.90. The second-order valence-electron chi connectivity index (χ2n) is 5.30. The molecular weight excluding hydrogens is 314 g/mol. The molecule has 124 valence electrons. The minimum atomic E-state index is -0.640. The summed E-state index contributed by atoms with van der Waals surface area (Å²) in [5.41, 5.74) is 12.1. The predicted octanol–water partition coefficient (Wildman–Crippen LogP) is 3.02. The van der Waals surface area contributed by atoms with E-state index in [1.54, 1.807) is 6.20 Å². The molecule has 6 N–H and O–H groups in total. The van der Waals surface area contributed by atoms with E-state index in [-0.39, 0.29) is 17.1 Å². The molecule has 0 saturated carbocycles. The van der Waals surface area contributed by atoms with Gasteiger partial charge in [0.2, 0.25) is 0 Å². The normalized spacial score (nSPS) is 11.0. The van der Waals surface area contributed by atoms with Crippen molar-refractivity contribution >= 4 is 16.7 Å². The largest absolute Gasteiger partial charge is 0.454 e. The van der Waals surface area contributed by atoms with Crippen molar-refractivity contribution in [1.82, 2.24) is 4.98 Å². The first-order chi connectivity index (χ1) is 11.5. The molecule has 0 unspecified atom stereocenters. The Bertz CT molecular complexity index is 920. The molecule has 1 heterocycles. The number of fused-ring (bicyclic) bond motifs is 1. The number of aromatic nitrogens is 1. The number of nitrogens with one attached hydrogen (secondary N) is 2. The first kappa shape index (κ1) is 15.9. The van der Waals surface area contributed by atoms with Crippen molar-refractivity contribution in [3.05, 3.63) is 59.3 Å². The van der Waals surface area contributed by atoms with Gasteiger partial charge in [0.15, 0.2) is 11.6 Å². The van der Waals surface area contributed by atoms with Gasteiger partial charge in [-0.3, -0.25) is 5.41 Å². The molecule has 0 amide bonds. The number of amidine groups is 1. The highest BCUT2D eigenvalue weighted by Crippen LogP contribution is 2.35. The Morgan fingerprint density at radius 1 is 1.17 bits per heavy atom. The van der Waals surface area contributed by atoms with Crippen LogP contribution in [0, 0.1) is 17.0 Å². The zero-order chi connectivity index (χ0) is 17.3. The maximum absolute atomic E-state index is 14.5. The van der Waals surface area contributed by atoms with Gasteiger partial charge in [-0.1, -0.05) is 0 Å². The first-order valence-corrected chi connectivity index (χ1v) is 7.31. The van der Waals surface area contributed by atoms with Gasteiger partial charge in [0, 0.05) is 28.7 Å². The van der Waals surface area contributed by atoms with Crippen molar-refractivity contribution in [1.29, 1.82) is 5.41 Å². The summed E-state index contributed by atoms with van der Waals surface area (Å²) >= 11 is 0. The van der Waals surface area contributed by atoms with E-state index >= 15 is 0 Å². The summed E-state index contributed by atoms with van der Waals surface area (Å²) in [7, 11) is 0. The molecule has 24 heavy (non-hydrogen) atoms. The van der Waals surface area contributed by atoms with Crippen LogP contribution in [0.4, 0.5) is 8.78 Å². The van der Waals surface area contributed by atoms with Crippen molar-refractivity contribution in [3.63, 3.8) is 0 Å². The van der Waals surface area contributed by atoms with Crippen LogP contribution in [0.5, 0.6) is 11.5 Å². The van der Waals surface area contributed by atoms with E-state index in [0.717, 1.165) is 11.5 Å². The Morgan fingerprint density at radius 3 is 2.67 bits per heavy atom. The lowest BCUT2D eigenvalue weighted by Gasteiger charge is -2.14. The third kappa shape index (κ3) is 2.81. The number of halogens is 2. The Kier molecular flexibility index (Phi) is 4.18. The fraction of sp³-hybridized carbons (Fsp3) is 0.118. The van der Waals surface area contributed by atoms with E-state index in [0.29, 0.717) is 24.0 Å². The summed E-state index contributed by atoms with van der Waals surface area (Å²) in [6.45, 7) is 0.322. The van der Waals surface area contributed by atoms with E-state index in [1.165, 1.54) is 18.2 Å². The Labute approximate surface area is 136 Å². The molecule has 0 radical (unpaired) electrons. The van der Waals surface area contributed by atoms with Crippen molar-refractivity contribution in [2.45, 2.75) is 6.42 Å². The average Bonchev–Trinajstić information content (AvgIpc) is 3.00. The molecule has 0 aliphatic heterocycles. The second-order valence-corrected chi connectivity index (χ2v) is 5.30. The number of nitrogens with two attached hydrogens (primary N) is 2. The van der Waals surface area contributed by atoms with Crippen LogP contribution in [0.25, 0.3) is 10.9 Å². The number of H-pyrrole nitrogens is 1. The second kappa shape index (κ2) is 6.29. The topological polar surface area (TPSA) is 101 Å². The Hall–Kier alpha value is -2.93. The summed E-state index contributed by atoms with van der Waals surface area (Å²) in [5.74, 6) is -1.40. The molecule has 0 bridgehead atoms. The molecule has 0 saturated heterocycles. The number of rotatable bonds is 5. The third-order valence-electron chi connectivity index (χ3n) is 3.71. The monoisotopic (exact) mass is 330 g/mol. The van der Waals surface area contributed by atoms with Crippen LogP contribution >= 0.6 is 0 Å². The molecule has 5 nitrogen and oxygen atoms in total. The lowest BCUT2D eigenvalue weighted by molar-refractivity contribution is 0.436. The quantitative estimate of drug-likeness (QED) is 0.427. The molecule has 3 rings (SSSR count). The van der Waals surface area contributed by atoms with Crippen LogP contribution in [0.3, 0.4) is 0 Å². The van der Waals surface area contributed by atoms with Gasteiger partial charge in [-0.05, 0) is 37.2 Å². The fourth-order valence-electron chi connectivity index (χ4n) is 2.62. The molecule has 1 aromatic heterocycles. The number of ether oxygens (including phenoxy) is 1. The summed E-state index contributed by atoms with van der Waals surface area (Å²) in [5, 5.41) is 8.19. The van der Waals surface area contributed by atoms with E-state index in [2.05, 4.69) is 4.98 Å². The van der Waals surface area contributed by atoms with E-state index < -0.39 is 17.5 Å². The molecule has 0 aliphatic rings. The highest BCUT2D eigenvalue weighted by molar-refractivity contribution is 5.95. The van der Waals surface area contributed by atoms with Crippen molar-refractivity contribution in [3.8, 4) is 11.5 Å². The predicted molar refractivity (Wildman–Crippen MR) is 88.5 cm³/mol. The maximum Gasteiger partial charge on any atom is 0.168 e. The number of nitrogen functional groups attached to an aromatic ring is 1. The number of benzene rings is 2. The lowest BCUT2D eigenvalue weighted by Crippen LogP contribution is -2.13. The number of aromatic amines is 1. The third-order valence-corrected chi connectivity index (χ3v) is 3.71. The van der Waals surface area contributed by atoms with Crippen LogP contribution in [0.15, 0.2) is 36.5 Å². The average molecular weight is 330 g/mol. The van der Waals surface area contributed by atoms with Gasteiger partial charge >= 0.3 is 0 Å². The smallest absolute Gasteiger partial charge is 0.168 e. The SMILES string of the molecule is N=C(N)c1cc(Oc2c(F)cc3[nH]ccc3c2CCN)ccc1F. The fourth-order valence-corrected chi connectivity index (χ4v) is 2.62. The van der Waals surface area contributed by atoms with Crippen LogP contribution < -0.4 is 16.2 Å². The molecule has 3 aromatic rings. The van der Waals surface area contributed by atoms with Gasteiger partial charge < -0.3 is 21.2 Å². The van der Waals surface area contributed by atoms with Crippen LogP contribution in [0.2, 0.25) is 0 Å². The molecule has 0 atom stereocenters. The first-order valence-electron chi connectivity index (χ1n) is 7.31. The van der Waals surface area contributed by atoms with Crippen LogP contribution in [-0.2, 0) is 6.42 Å². The zero-order valence-electron chi connectivity index (χ0n) is 12.7. The molecule has 2 aromatic carbocycles. The number of hydrogen-bond acceptors (Lipinski definition) is 3. The minimum absolute atomic E-state index is 0.0358. The highest BCUT2D eigenvalue weighted by atomic mass is 19.1. The van der Waals surface area contributed by atoms with E-state index in [9.17, 15) is 8.78 Å². The maximum atomic E-state index is 14.5. The van der Waals surface area contributed by atoms with Crippen molar-refractivity contribution < 1.29 is 13.5 Å². The van der Waals surface area contributed by atoms with E-state index in [4.69, 9.17) is 21.6 Å². The van der Waals surface area contributed by atoms with Gasteiger partial charge in [-0.25, -0.2) is 8.78 Å². The van der Waals surface area contributed by atoms with Gasteiger partial charge in [-0.15, -0.1) is 0 Å². The standard InChI is InChI=1S/C17H16F2N4O/c18-13-2-1-9(7-12(13)17(21)22)24-16-11(3-5-20)10-4-6-23-15(10)8-14(16)19/h1-2,4,6-8,23H,3,5,20H2,(H3,21,22). The van der Waals surface area contributed by atoms with Crippen LogP contribution in [0.1, 0.15) is 11.1 Å². The molecule has 7 heteroatoms. The Balaban J connectivity index is 2.09. The highest BCUT2D eigenvalue weighted by Gasteiger charge is 2.17. The Morgan fingerprint density at radius 2 is 1.96 bits per heavy atom. The molecule has 0 spiro atoms. The summed E-state index contributed by atoms with van der Waals surface area (Å²) < 4.78 is 33.8.